The summed E-state index contributed by atoms with van der Waals surface area (Å²) in [5, 5.41) is 7.28. The molecule has 1 aliphatic rings. The van der Waals surface area contributed by atoms with E-state index in [-0.39, 0.29) is 0 Å². The van der Waals surface area contributed by atoms with Crippen LogP contribution in [-0.2, 0) is 12.8 Å². The van der Waals surface area contributed by atoms with Crippen LogP contribution in [0.25, 0.3) is 21.0 Å². The van der Waals surface area contributed by atoms with Crippen molar-refractivity contribution in [2.24, 2.45) is 0 Å². The van der Waals surface area contributed by atoms with E-state index in [1.807, 2.05) is 0 Å². The minimum atomic E-state index is 0.963. The van der Waals surface area contributed by atoms with E-state index >= 15 is 0 Å². The Bertz CT molecular complexity index is 1070. The summed E-state index contributed by atoms with van der Waals surface area (Å²) >= 11 is 3.47. The molecule has 24 heavy (non-hydrogen) atoms. The second-order valence-corrected chi connectivity index (χ2v) is 7.94. The van der Waals surface area contributed by atoms with Crippen molar-refractivity contribution in [2.45, 2.75) is 17.7 Å². The molecule has 0 spiro atoms. The lowest BCUT2D eigenvalue weighted by Crippen LogP contribution is -1.92. The van der Waals surface area contributed by atoms with Crippen molar-refractivity contribution in [3.05, 3.63) is 59.7 Å². The van der Waals surface area contributed by atoms with Gasteiger partial charge < -0.3 is 5.32 Å². The normalized spacial score (nSPS) is 13.0. The van der Waals surface area contributed by atoms with Gasteiger partial charge in [-0.05, 0) is 53.8 Å². The Labute approximate surface area is 148 Å². The van der Waals surface area contributed by atoms with Crippen molar-refractivity contribution in [3.8, 4) is 0 Å². The number of nitrogens with zero attached hydrogens (tertiary/aromatic N) is 1. The highest BCUT2D eigenvalue weighted by Gasteiger charge is 2.16. The lowest BCUT2D eigenvalue weighted by molar-refractivity contribution is 1.02. The van der Waals surface area contributed by atoms with Gasteiger partial charge in [0, 0.05) is 16.0 Å². The Kier molecular flexibility index (Phi) is 3.28. The number of fused-ring (bicyclic) bond motifs is 1. The summed E-state index contributed by atoms with van der Waals surface area (Å²) in [6.07, 6.45) is 4.42. The quantitative estimate of drug-likeness (QED) is 0.459. The number of hydrogen-bond acceptors (Lipinski definition) is 4. The minimum Gasteiger partial charge on any atom is -0.331 e. The summed E-state index contributed by atoms with van der Waals surface area (Å²) in [6.45, 7) is 0. The Balaban J connectivity index is 1.63. The summed E-state index contributed by atoms with van der Waals surface area (Å²) < 4.78 is 1.23. The molecule has 0 amide bonds. The zero-order valence-electron chi connectivity index (χ0n) is 13.3. The van der Waals surface area contributed by atoms with E-state index in [0.717, 1.165) is 29.2 Å². The number of benzene rings is 3. The highest BCUT2D eigenvalue weighted by Crippen LogP contribution is 2.38. The van der Waals surface area contributed by atoms with Crippen molar-refractivity contribution < 1.29 is 0 Å². The van der Waals surface area contributed by atoms with Crippen molar-refractivity contribution >= 4 is 54.9 Å². The molecule has 1 N–H and O–H groups in total. The Morgan fingerprint density at radius 1 is 1.00 bits per heavy atom. The van der Waals surface area contributed by atoms with E-state index in [0.29, 0.717) is 0 Å². The maximum atomic E-state index is 4.83. The summed E-state index contributed by atoms with van der Waals surface area (Å²) in [6, 6.07) is 17.5. The molecule has 0 atom stereocenters. The van der Waals surface area contributed by atoms with Crippen LogP contribution in [0.5, 0.6) is 0 Å². The van der Waals surface area contributed by atoms with Gasteiger partial charge in [0.05, 0.1) is 10.2 Å². The molecule has 0 saturated carbocycles. The number of aromatic nitrogens is 1. The first-order chi connectivity index (χ1) is 11.8. The third-order valence-corrected chi connectivity index (χ3v) is 6.43. The molecule has 5 rings (SSSR count). The third kappa shape index (κ3) is 2.14. The number of rotatable bonds is 3. The number of para-hydroxylation sites is 1. The SMILES string of the molecule is CSc1cccc2sc(Nc3ccc4c5c(cccc35)CC4)nc12. The van der Waals surface area contributed by atoms with Gasteiger partial charge in [-0.1, -0.05) is 41.7 Å². The molecular weight excluding hydrogens is 332 g/mol. The van der Waals surface area contributed by atoms with Gasteiger partial charge in [0.2, 0.25) is 0 Å². The topological polar surface area (TPSA) is 24.9 Å². The molecule has 0 unspecified atom stereocenters. The Morgan fingerprint density at radius 2 is 1.83 bits per heavy atom. The van der Waals surface area contributed by atoms with Crippen molar-refractivity contribution in [3.63, 3.8) is 0 Å². The maximum Gasteiger partial charge on any atom is 0.188 e. The van der Waals surface area contributed by atoms with Crippen LogP contribution < -0.4 is 5.32 Å². The van der Waals surface area contributed by atoms with E-state index < -0.39 is 0 Å². The number of hydrogen-bond donors (Lipinski definition) is 1. The van der Waals surface area contributed by atoms with E-state index in [1.165, 1.54) is 31.5 Å². The fourth-order valence-corrected chi connectivity index (χ4v) is 5.15. The van der Waals surface area contributed by atoms with E-state index in [1.54, 1.807) is 23.1 Å². The van der Waals surface area contributed by atoms with Crippen LogP contribution in [0.1, 0.15) is 11.1 Å². The average Bonchev–Trinajstić information content (AvgIpc) is 3.22. The van der Waals surface area contributed by atoms with Gasteiger partial charge >= 0.3 is 0 Å². The fourth-order valence-electron chi connectivity index (χ4n) is 3.61. The van der Waals surface area contributed by atoms with E-state index in [2.05, 4.69) is 60.1 Å². The van der Waals surface area contributed by atoms with Gasteiger partial charge in [0.25, 0.3) is 0 Å². The Morgan fingerprint density at radius 3 is 2.71 bits per heavy atom. The molecular formula is C20H16N2S2. The van der Waals surface area contributed by atoms with Crippen LogP contribution in [0.15, 0.2) is 53.4 Å². The van der Waals surface area contributed by atoms with Gasteiger partial charge in [-0.25, -0.2) is 4.98 Å². The molecule has 1 aliphatic carbocycles. The number of nitrogens with one attached hydrogen (secondary N) is 1. The van der Waals surface area contributed by atoms with Gasteiger partial charge in [-0.15, -0.1) is 11.8 Å². The monoisotopic (exact) mass is 348 g/mol. The second kappa shape index (κ2) is 5.50. The maximum absolute atomic E-state index is 4.83. The third-order valence-electron chi connectivity index (χ3n) is 4.72. The van der Waals surface area contributed by atoms with Gasteiger partial charge in [0.15, 0.2) is 5.13 Å². The number of aryl methyl sites for hydroxylation is 2. The van der Waals surface area contributed by atoms with Crippen LogP contribution in [0.4, 0.5) is 10.8 Å². The molecule has 1 aromatic heterocycles. The highest BCUT2D eigenvalue weighted by molar-refractivity contribution is 7.98. The van der Waals surface area contributed by atoms with Crippen molar-refractivity contribution in [1.29, 1.82) is 0 Å². The molecule has 2 nitrogen and oxygen atoms in total. The molecule has 0 radical (unpaired) electrons. The summed E-state index contributed by atoms with van der Waals surface area (Å²) in [7, 11) is 0. The Hall–Kier alpha value is -2.04. The second-order valence-electron chi connectivity index (χ2n) is 6.06. The predicted octanol–water partition coefficient (Wildman–Crippen LogP) is 6.01. The highest BCUT2D eigenvalue weighted by atomic mass is 32.2. The molecule has 1 heterocycles. The predicted molar refractivity (Wildman–Crippen MR) is 106 cm³/mol. The first kappa shape index (κ1) is 14.3. The minimum absolute atomic E-state index is 0.963. The summed E-state index contributed by atoms with van der Waals surface area (Å²) in [5.41, 5.74) is 5.20. The molecule has 4 heteroatoms. The molecule has 0 fully saturated rings. The van der Waals surface area contributed by atoms with Gasteiger partial charge in [0.1, 0.15) is 0 Å². The van der Waals surface area contributed by atoms with Crippen LogP contribution in [0.2, 0.25) is 0 Å². The number of anilines is 2. The average molecular weight is 348 g/mol. The first-order valence-electron chi connectivity index (χ1n) is 8.07. The number of thiazole rings is 1. The van der Waals surface area contributed by atoms with Crippen LogP contribution in [0, 0.1) is 0 Å². The zero-order chi connectivity index (χ0) is 16.1. The zero-order valence-corrected chi connectivity index (χ0v) is 14.9. The van der Waals surface area contributed by atoms with E-state index in [9.17, 15) is 0 Å². The fraction of sp³-hybridized carbons (Fsp3) is 0.150. The summed E-state index contributed by atoms with van der Waals surface area (Å²) in [5.74, 6) is 0. The summed E-state index contributed by atoms with van der Waals surface area (Å²) in [4.78, 5) is 6.07. The lowest BCUT2D eigenvalue weighted by atomic mass is 10.0. The van der Waals surface area contributed by atoms with Crippen LogP contribution >= 0.6 is 23.1 Å². The smallest absolute Gasteiger partial charge is 0.188 e. The molecule has 118 valence electrons. The molecule has 3 aromatic carbocycles. The number of thioether (sulfide) groups is 1. The first-order valence-corrected chi connectivity index (χ1v) is 10.1. The largest absolute Gasteiger partial charge is 0.331 e. The van der Waals surface area contributed by atoms with Crippen LogP contribution in [0.3, 0.4) is 0 Å². The van der Waals surface area contributed by atoms with Crippen molar-refractivity contribution in [2.75, 3.05) is 11.6 Å². The van der Waals surface area contributed by atoms with Gasteiger partial charge in [-0.3, -0.25) is 0 Å². The molecule has 0 aliphatic heterocycles. The molecule has 4 aromatic rings. The van der Waals surface area contributed by atoms with E-state index in [4.69, 9.17) is 4.98 Å². The van der Waals surface area contributed by atoms with Gasteiger partial charge in [-0.2, -0.15) is 0 Å². The van der Waals surface area contributed by atoms with Crippen LogP contribution in [-0.4, -0.2) is 11.2 Å². The molecule has 0 saturated heterocycles. The molecule has 0 bridgehead atoms. The van der Waals surface area contributed by atoms with Crippen molar-refractivity contribution in [1.82, 2.24) is 4.98 Å². The standard InChI is InChI=1S/C20H16N2S2/c1-23-16-6-3-7-17-19(16)22-20(24-17)21-15-11-10-13-9-8-12-4-2-5-14(15)18(12)13/h2-7,10-11H,8-9H2,1H3,(H,21,22). The lowest BCUT2D eigenvalue weighted by Gasteiger charge is -2.09.